The first-order valence-electron chi connectivity index (χ1n) is 5.43. The molecule has 0 radical (unpaired) electrons. The SMILES string of the molecule is CCC(C#N)NS(=O)(=O)c1cccc(C(C)=O)c1. The number of sulfonamides is 1. The molecular formula is C12H14N2O3S. The van der Waals surface area contributed by atoms with E-state index in [1.807, 2.05) is 6.07 Å². The normalized spacial score (nSPS) is 12.7. The minimum absolute atomic E-state index is 0.0103. The molecule has 0 saturated heterocycles. The second kappa shape index (κ2) is 5.76. The third kappa shape index (κ3) is 3.39. The minimum atomic E-state index is -3.76. The lowest BCUT2D eigenvalue weighted by molar-refractivity contribution is 0.101. The molecule has 6 heteroatoms. The van der Waals surface area contributed by atoms with Crippen LogP contribution < -0.4 is 4.72 Å². The Morgan fingerprint density at radius 3 is 2.67 bits per heavy atom. The molecule has 96 valence electrons. The Morgan fingerprint density at radius 1 is 1.50 bits per heavy atom. The maximum absolute atomic E-state index is 12.0. The summed E-state index contributed by atoms with van der Waals surface area (Å²) in [5.41, 5.74) is 0.322. The number of nitriles is 1. The third-order valence-electron chi connectivity index (χ3n) is 2.41. The molecule has 0 aliphatic carbocycles. The molecule has 1 aromatic carbocycles. The van der Waals surface area contributed by atoms with Crippen LogP contribution in [0.4, 0.5) is 0 Å². The quantitative estimate of drug-likeness (QED) is 0.817. The van der Waals surface area contributed by atoms with Crippen molar-refractivity contribution >= 4 is 15.8 Å². The Labute approximate surface area is 106 Å². The van der Waals surface area contributed by atoms with Gasteiger partial charge in [0.2, 0.25) is 10.0 Å². The molecule has 1 rings (SSSR count). The Bertz CT molecular complexity index is 588. The molecule has 1 atom stereocenters. The summed E-state index contributed by atoms with van der Waals surface area (Å²) in [6.45, 7) is 3.08. The van der Waals surface area contributed by atoms with Crippen molar-refractivity contribution in [3.8, 4) is 6.07 Å². The number of nitrogens with zero attached hydrogens (tertiary/aromatic N) is 1. The Morgan fingerprint density at radius 2 is 2.17 bits per heavy atom. The third-order valence-corrected chi connectivity index (χ3v) is 3.88. The van der Waals surface area contributed by atoms with E-state index < -0.39 is 16.1 Å². The molecule has 1 N–H and O–H groups in total. The molecule has 0 aliphatic rings. The van der Waals surface area contributed by atoms with Crippen LogP contribution in [0.5, 0.6) is 0 Å². The predicted octanol–water partition coefficient (Wildman–Crippen LogP) is 1.47. The van der Waals surface area contributed by atoms with Gasteiger partial charge in [0.15, 0.2) is 5.78 Å². The van der Waals surface area contributed by atoms with E-state index in [0.29, 0.717) is 12.0 Å². The molecule has 0 saturated carbocycles. The van der Waals surface area contributed by atoms with Crippen molar-refractivity contribution in [1.82, 2.24) is 4.72 Å². The Balaban J connectivity index is 3.10. The summed E-state index contributed by atoms with van der Waals surface area (Å²) in [5, 5.41) is 8.75. The summed E-state index contributed by atoms with van der Waals surface area (Å²) < 4.78 is 26.2. The molecule has 1 aromatic rings. The van der Waals surface area contributed by atoms with Crippen LogP contribution in [0.2, 0.25) is 0 Å². The number of ketones is 1. The fraction of sp³-hybridized carbons (Fsp3) is 0.333. The lowest BCUT2D eigenvalue weighted by Gasteiger charge is -2.10. The van der Waals surface area contributed by atoms with Crippen LogP contribution in [0.1, 0.15) is 30.6 Å². The van der Waals surface area contributed by atoms with E-state index in [1.165, 1.54) is 25.1 Å². The number of carbonyl (C=O) groups is 1. The van der Waals surface area contributed by atoms with Crippen LogP contribution >= 0.6 is 0 Å². The summed E-state index contributed by atoms with van der Waals surface area (Å²) >= 11 is 0. The van der Waals surface area contributed by atoms with Crippen molar-refractivity contribution in [2.75, 3.05) is 0 Å². The van der Waals surface area contributed by atoms with Crippen molar-refractivity contribution in [1.29, 1.82) is 5.26 Å². The van der Waals surface area contributed by atoms with Gasteiger partial charge in [0.25, 0.3) is 0 Å². The Kier molecular flexibility index (Phi) is 4.59. The van der Waals surface area contributed by atoms with Gasteiger partial charge in [-0.15, -0.1) is 0 Å². The largest absolute Gasteiger partial charge is 0.295 e. The summed E-state index contributed by atoms with van der Waals surface area (Å²) in [4.78, 5) is 11.2. The van der Waals surface area contributed by atoms with Crippen molar-refractivity contribution in [2.24, 2.45) is 0 Å². The van der Waals surface area contributed by atoms with E-state index in [0.717, 1.165) is 0 Å². The highest BCUT2D eigenvalue weighted by Crippen LogP contribution is 2.12. The van der Waals surface area contributed by atoms with E-state index in [1.54, 1.807) is 13.0 Å². The monoisotopic (exact) mass is 266 g/mol. The Hall–Kier alpha value is -1.71. The standard InChI is InChI=1S/C12H14N2O3S/c1-3-11(8-13)14-18(16,17)12-6-4-5-10(7-12)9(2)15/h4-7,11,14H,3H2,1-2H3. The van der Waals surface area contributed by atoms with Crippen molar-refractivity contribution in [3.63, 3.8) is 0 Å². The maximum Gasteiger partial charge on any atom is 0.241 e. The fourth-order valence-electron chi connectivity index (χ4n) is 1.34. The molecule has 0 spiro atoms. The number of hydrogen-bond acceptors (Lipinski definition) is 4. The van der Waals surface area contributed by atoms with Gasteiger partial charge in [0, 0.05) is 5.56 Å². The number of Topliss-reactive ketones (excluding diaryl/α,β-unsaturated/α-hetero) is 1. The zero-order valence-corrected chi connectivity index (χ0v) is 11.0. The summed E-state index contributed by atoms with van der Waals surface area (Å²) in [5.74, 6) is -0.209. The van der Waals surface area contributed by atoms with Crippen molar-refractivity contribution in [3.05, 3.63) is 29.8 Å². The molecule has 0 amide bonds. The van der Waals surface area contributed by atoms with Crippen LogP contribution in [-0.4, -0.2) is 20.2 Å². The van der Waals surface area contributed by atoms with Crippen LogP contribution in [0.25, 0.3) is 0 Å². The van der Waals surface area contributed by atoms with Crippen molar-refractivity contribution in [2.45, 2.75) is 31.2 Å². The van der Waals surface area contributed by atoms with E-state index >= 15 is 0 Å². The van der Waals surface area contributed by atoms with Gasteiger partial charge in [-0.3, -0.25) is 4.79 Å². The molecule has 0 aliphatic heterocycles. The second-order valence-electron chi connectivity index (χ2n) is 3.80. The highest BCUT2D eigenvalue weighted by Gasteiger charge is 2.19. The lowest BCUT2D eigenvalue weighted by atomic mass is 10.2. The zero-order chi connectivity index (χ0) is 13.8. The van der Waals surface area contributed by atoms with Gasteiger partial charge in [-0.25, -0.2) is 8.42 Å². The smallest absolute Gasteiger partial charge is 0.241 e. The van der Waals surface area contributed by atoms with Gasteiger partial charge in [0.1, 0.15) is 6.04 Å². The molecule has 0 bridgehead atoms. The average molecular weight is 266 g/mol. The topological polar surface area (TPSA) is 87.0 Å². The van der Waals surface area contributed by atoms with E-state index in [4.69, 9.17) is 5.26 Å². The van der Waals surface area contributed by atoms with Gasteiger partial charge in [-0.05, 0) is 25.5 Å². The average Bonchev–Trinajstić information content (AvgIpc) is 2.36. The zero-order valence-electron chi connectivity index (χ0n) is 10.2. The van der Waals surface area contributed by atoms with Gasteiger partial charge in [0.05, 0.1) is 11.0 Å². The van der Waals surface area contributed by atoms with Gasteiger partial charge < -0.3 is 0 Å². The highest BCUT2D eigenvalue weighted by atomic mass is 32.2. The number of rotatable bonds is 5. The first-order valence-corrected chi connectivity index (χ1v) is 6.92. The van der Waals surface area contributed by atoms with E-state index in [-0.39, 0.29) is 10.7 Å². The first kappa shape index (κ1) is 14.4. The summed E-state index contributed by atoms with van der Waals surface area (Å²) in [6.07, 6.45) is 0.377. The second-order valence-corrected chi connectivity index (χ2v) is 5.51. The molecule has 0 heterocycles. The summed E-state index contributed by atoms with van der Waals surface area (Å²) in [7, 11) is -3.76. The van der Waals surface area contributed by atoms with E-state index in [9.17, 15) is 13.2 Å². The molecule has 1 unspecified atom stereocenters. The van der Waals surface area contributed by atoms with Crippen LogP contribution in [-0.2, 0) is 10.0 Å². The predicted molar refractivity (Wildman–Crippen MR) is 66.5 cm³/mol. The molecule has 0 fully saturated rings. The molecule has 5 nitrogen and oxygen atoms in total. The number of carbonyl (C=O) groups excluding carboxylic acids is 1. The van der Waals surface area contributed by atoms with Gasteiger partial charge in [-0.1, -0.05) is 19.1 Å². The van der Waals surface area contributed by atoms with E-state index in [2.05, 4.69) is 4.72 Å². The maximum atomic E-state index is 12.0. The van der Waals surface area contributed by atoms with Gasteiger partial charge >= 0.3 is 0 Å². The van der Waals surface area contributed by atoms with Crippen molar-refractivity contribution < 1.29 is 13.2 Å². The molecule has 18 heavy (non-hydrogen) atoms. The summed E-state index contributed by atoms with van der Waals surface area (Å²) in [6, 6.07) is 6.82. The first-order chi connectivity index (χ1) is 8.40. The highest BCUT2D eigenvalue weighted by molar-refractivity contribution is 7.89. The molecule has 0 aromatic heterocycles. The number of nitrogens with one attached hydrogen (secondary N) is 1. The van der Waals surface area contributed by atoms with Crippen LogP contribution in [0.3, 0.4) is 0 Å². The fourth-order valence-corrected chi connectivity index (χ4v) is 2.61. The van der Waals surface area contributed by atoms with Gasteiger partial charge in [-0.2, -0.15) is 9.98 Å². The van der Waals surface area contributed by atoms with Crippen LogP contribution in [0.15, 0.2) is 29.2 Å². The van der Waals surface area contributed by atoms with Crippen LogP contribution in [0, 0.1) is 11.3 Å². The number of benzene rings is 1. The molecular weight excluding hydrogens is 252 g/mol. The lowest BCUT2D eigenvalue weighted by Crippen LogP contribution is -2.33. The minimum Gasteiger partial charge on any atom is -0.295 e. The number of hydrogen-bond donors (Lipinski definition) is 1.